The highest BCUT2D eigenvalue weighted by Crippen LogP contribution is 2.67. The third-order valence-electron chi connectivity index (χ3n) is 8.96. The Hall–Kier alpha value is -1.24. The Balaban J connectivity index is 1.73. The molecule has 3 saturated carbocycles. The van der Waals surface area contributed by atoms with Crippen LogP contribution >= 0.6 is 0 Å². The van der Waals surface area contributed by atoms with Gasteiger partial charge in [0.2, 0.25) is 0 Å². The van der Waals surface area contributed by atoms with Gasteiger partial charge in [-0.2, -0.15) is 0 Å². The Labute approximate surface area is 173 Å². The summed E-state index contributed by atoms with van der Waals surface area (Å²) >= 11 is 0. The zero-order valence-corrected chi connectivity index (χ0v) is 18.0. The summed E-state index contributed by atoms with van der Waals surface area (Å²) in [4.78, 5) is 18.4. The predicted octanol–water partition coefficient (Wildman–Crippen LogP) is 2.60. The summed E-state index contributed by atoms with van der Waals surface area (Å²) in [5.74, 6) is -0.139. The number of aliphatic hydroxyl groups is 3. The van der Waals surface area contributed by atoms with Crippen LogP contribution in [0.1, 0.15) is 66.2 Å². The SMILES string of the molecule is CCO/N=C(\C)[C@H]1CC[C@@]2(O)C3=CC(=O)[C@@H]4C[C@@H](O)[C@@H](O)C[C@]4(C)C3CC[C@]12C. The van der Waals surface area contributed by atoms with Crippen LogP contribution in [0.25, 0.3) is 0 Å². The van der Waals surface area contributed by atoms with E-state index in [4.69, 9.17) is 4.84 Å². The molecule has 4 rings (SSSR count). The van der Waals surface area contributed by atoms with Crippen LogP contribution < -0.4 is 0 Å². The number of hydrogen-bond acceptors (Lipinski definition) is 6. The van der Waals surface area contributed by atoms with Gasteiger partial charge in [0, 0.05) is 17.3 Å². The molecule has 3 fully saturated rings. The Morgan fingerprint density at radius 1 is 1.21 bits per heavy atom. The highest BCUT2D eigenvalue weighted by molar-refractivity contribution is 5.95. The molecular weight excluding hydrogens is 370 g/mol. The Bertz CT molecular complexity index is 762. The summed E-state index contributed by atoms with van der Waals surface area (Å²) in [7, 11) is 0. The second-order valence-corrected chi connectivity index (χ2v) is 10.2. The van der Waals surface area contributed by atoms with E-state index in [0.717, 1.165) is 30.5 Å². The Morgan fingerprint density at radius 2 is 1.93 bits per heavy atom. The van der Waals surface area contributed by atoms with Gasteiger partial charge < -0.3 is 20.2 Å². The lowest BCUT2D eigenvalue weighted by atomic mass is 9.46. The molecule has 0 spiro atoms. The first kappa shape index (κ1) is 21.0. The van der Waals surface area contributed by atoms with E-state index in [1.165, 1.54) is 0 Å². The maximum Gasteiger partial charge on any atom is 0.159 e. The van der Waals surface area contributed by atoms with E-state index < -0.39 is 28.6 Å². The zero-order valence-electron chi connectivity index (χ0n) is 18.0. The average molecular weight is 406 g/mol. The molecule has 1 unspecified atom stereocenters. The van der Waals surface area contributed by atoms with Crippen molar-refractivity contribution in [1.82, 2.24) is 0 Å². The van der Waals surface area contributed by atoms with Gasteiger partial charge in [-0.25, -0.2) is 0 Å². The number of carbonyl (C=O) groups is 1. The molecule has 3 N–H and O–H groups in total. The summed E-state index contributed by atoms with van der Waals surface area (Å²) in [6.07, 6.45) is 3.85. The van der Waals surface area contributed by atoms with Gasteiger partial charge in [0.25, 0.3) is 0 Å². The highest BCUT2D eigenvalue weighted by atomic mass is 16.6. The topological polar surface area (TPSA) is 99.4 Å². The van der Waals surface area contributed by atoms with Crippen molar-refractivity contribution in [3.63, 3.8) is 0 Å². The largest absolute Gasteiger partial charge is 0.396 e. The van der Waals surface area contributed by atoms with Crippen molar-refractivity contribution in [3.8, 4) is 0 Å². The first-order valence-electron chi connectivity index (χ1n) is 11.1. The summed E-state index contributed by atoms with van der Waals surface area (Å²) in [5, 5.41) is 36.8. The lowest BCUT2D eigenvalue weighted by molar-refractivity contribution is -0.151. The van der Waals surface area contributed by atoms with Crippen LogP contribution in [0.3, 0.4) is 0 Å². The van der Waals surface area contributed by atoms with Crippen molar-refractivity contribution in [2.24, 2.45) is 33.7 Å². The van der Waals surface area contributed by atoms with E-state index in [9.17, 15) is 20.1 Å². The van der Waals surface area contributed by atoms with Gasteiger partial charge >= 0.3 is 0 Å². The molecular formula is C23H35NO5. The average Bonchev–Trinajstić information content (AvgIpc) is 2.94. The maximum absolute atomic E-state index is 13.1. The number of fused-ring (bicyclic) bond motifs is 5. The second-order valence-electron chi connectivity index (χ2n) is 10.2. The number of carbonyl (C=O) groups excluding carboxylic acids is 1. The minimum absolute atomic E-state index is 0.00877. The minimum Gasteiger partial charge on any atom is -0.396 e. The third kappa shape index (κ3) is 2.78. The van der Waals surface area contributed by atoms with E-state index in [0.29, 0.717) is 25.9 Å². The van der Waals surface area contributed by atoms with Crippen molar-refractivity contribution in [3.05, 3.63) is 11.6 Å². The summed E-state index contributed by atoms with van der Waals surface area (Å²) in [6, 6.07) is 0. The Kier molecular flexibility index (Phi) is 4.99. The van der Waals surface area contributed by atoms with Gasteiger partial charge in [0.1, 0.15) is 6.61 Å². The maximum atomic E-state index is 13.1. The molecule has 0 aromatic heterocycles. The minimum atomic E-state index is -1.05. The first-order valence-corrected chi connectivity index (χ1v) is 11.1. The number of allylic oxidation sites excluding steroid dienone is 1. The molecule has 29 heavy (non-hydrogen) atoms. The standard InChI is InChI=1S/C23H35NO5/c1-5-29-24-13(2)14-7-9-23(28)16-10-18(25)17-11-19(26)20(27)12-21(17,3)15(16)6-8-22(14,23)4/h10,14-15,17,19-20,26-28H,5-9,11-12H2,1-4H3/b24-13+/t14-,15?,17+,19-,20+,21-,22-,23-/m1/s1. The quantitative estimate of drug-likeness (QED) is 0.495. The molecule has 4 aliphatic carbocycles. The van der Waals surface area contributed by atoms with Crippen molar-refractivity contribution in [1.29, 1.82) is 0 Å². The molecule has 8 atom stereocenters. The number of nitrogens with zero attached hydrogens (tertiary/aromatic N) is 1. The zero-order chi connectivity index (χ0) is 21.2. The fourth-order valence-electron chi connectivity index (χ4n) is 7.27. The molecule has 0 heterocycles. The number of oxime groups is 1. The normalized spacial score (nSPS) is 49.8. The second kappa shape index (κ2) is 6.89. The van der Waals surface area contributed by atoms with E-state index in [-0.39, 0.29) is 23.5 Å². The van der Waals surface area contributed by atoms with Gasteiger partial charge in [0.15, 0.2) is 5.78 Å². The smallest absolute Gasteiger partial charge is 0.159 e. The molecule has 4 aliphatic rings. The van der Waals surface area contributed by atoms with Crippen LogP contribution in [0, 0.1) is 28.6 Å². The molecule has 0 aromatic rings. The van der Waals surface area contributed by atoms with Crippen molar-refractivity contribution in [2.45, 2.75) is 84.0 Å². The summed E-state index contributed by atoms with van der Waals surface area (Å²) in [5.41, 5.74) is -0.106. The molecule has 162 valence electrons. The van der Waals surface area contributed by atoms with E-state index in [1.807, 2.05) is 13.8 Å². The molecule has 6 nitrogen and oxygen atoms in total. The van der Waals surface area contributed by atoms with Gasteiger partial charge in [0.05, 0.1) is 23.5 Å². The fraction of sp³-hybridized carbons (Fsp3) is 0.826. The van der Waals surface area contributed by atoms with Crippen LogP contribution in [0.2, 0.25) is 0 Å². The predicted molar refractivity (Wildman–Crippen MR) is 109 cm³/mol. The van der Waals surface area contributed by atoms with Crippen LogP contribution in [0.15, 0.2) is 16.8 Å². The Morgan fingerprint density at radius 3 is 2.62 bits per heavy atom. The molecule has 0 aromatic carbocycles. The van der Waals surface area contributed by atoms with Crippen LogP contribution in [0.5, 0.6) is 0 Å². The monoisotopic (exact) mass is 405 g/mol. The number of rotatable bonds is 3. The summed E-state index contributed by atoms with van der Waals surface area (Å²) in [6.45, 7) is 8.59. The van der Waals surface area contributed by atoms with Gasteiger partial charge in [-0.1, -0.05) is 19.0 Å². The number of aliphatic hydroxyl groups excluding tert-OH is 2. The van der Waals surface area contributed by atoms with Crippen LogP contribution in [0.4, 0.5) is 0 Å². The molecule has 0 amide bonds. The number of hydrogen-bond donors (Lipinski definition) is 3. The molecule has 0 saturated heterocycles. The molecule has 0 aliphatic heterocycles. The van der Waals surface area contributed by atoms with Crippen molar-refractivity contribution in [2.75, 3.05) is 6.61 Å². The van der Waals surface area contributed by atoms with E-state index in [1.54, 1.807) is 6.08 Å². The fourth-order valence-corrected chi connectivity index (χ4v) is 7.27. The third-order valence-corrected chi connectivity index (χ3v) is 8.96. The van der Waals surface area contributed by atoms with E-state index in [2.05, 4.69) is 19.0 Å². The van der Waals surface area contributed by atoms with Gasteiger partial charge in [-0.05, 0) is 75.4 Å². The molecule has 6 heteroatoms. The lowest BCUT2D eigenvalue weighted by Crippen LogP contribution is -2.60. The van der Waals surface area contributed by atoms with Gasteiger partial charge in [-0.15, -0.1) is 0 Å². The van der Waals surface area contributed by atoms with Crippen LogP contribution in [-0.2, 0) is 9.63 Å². The van der Waals surface area contributed by atoms with Crippen LogP contribution in [-0.4, -0.2) is 51.2 Å². The molecule has 0 bridgehead atoms. The van der Waals surface area contributed by atoms with Crippen molar-refractivity contribution < 1.29 is 25.0 Å². The number of ketones is 1. The summed E-state index contributed by atoms with van der Waals surface area (Å²) < 4.78 is 0. The lowest BCUT2D eigenvalue weighted by Gasteiger charge is -2.59. The highest BCUT2D eigenvalue weighted by Gasteiger charge is 2.66. The van der Waals surface area contributed by atoms with E-state index >= 15 is 0 Å². The van der Waals surface area contributed by atoms with Gasteiger partial charge in [-0.3, -0.25) is 4.79 Å². The first-order chi connectivity index (χ1) is 13.6. The van der Waals surface area contributed by atoms with Crippen molar-refractivity contribution >= 4 is 11.5 Å². The molecule has 0 radical (unpaired) electrons.